The Balaban J connectivity index is 1.51. The Morgan fingerprint density at radius 1 is 0.500 bits per heavy atom. The van der Waals surface area contributed by atoms with E-state index in [0.717, 1.165) is 12.8 Å². The van der Waals surface area contributed by atoms with E-state index >= 15 is 0 Å². The van der Waals surface area contributed by atoms with Crippen LogP contribution in [0.3, 0.4) is 0 Å². The standard InChI is InChI=1S/C36H30/c1-23-12-14-34-30(19-23)31-21-26(20-27-17-24(2)16-25(3)18-27)13-15-35(31)36(34)32-10-6-4-8-28(32)22-29-9-5-7-11-33(29)36/h4-19,21H,20,22H2,1-3H3. The number of rotatable bonds is 2. The molecule has 0 nitrogen and oxygen atoms in total. The molecule has 5 aromatic rings. The topological polar surface area (TPSA) is 0 Å². The first-order chi connectivity index (χ1) is 17.5. The highest BCUT2D eigenvalue weighted by atomic mass is 14.5. The van der Waals surface area contributed by atoms with Crippen LogP contribution in [0.2, 0.25) is 0 Å². The summed E-state index contributed by atoms with van der Waals surface area (Å²) in [6.07, 6.45) is 1.95. The van der Waals surface area contributed by atoms with Crippen LogP contribution in [0.4, 0.5) is 0 Å². The van der Waals surface area contributed by atoms with Gasteiger partial charge in [-0.25, -0.2) is 0 Å². The molecule has 2 aliphatic rings. The van der Waals surface area contributed by atoms with E-state index in [0.29, 0.717) is 0 Å². The Morgan fingerprint density at radius 3 is 1.75 bits per heavy atom. The maximum Gasteiger partial charge on any atom is 0.0719 e. The van der Waals surface area contributed by atoms with Crippen LogP contribution in [0, 0.1) is 20.8 Å². The lowest BCUT2D eigenvalue weighted by Gasteiger charge is -2.40. The number of aryl methyl sites for hydroxylation is 3. The van der Waals surface area contributed by atoms with Crippen molar-refractivity contribution in [2.45, 2.75) is 39.0 Å². The van der Waals surface area contributed by atoms with Crippen molar-refractivity contribution in [2.24, 2.45) is 0 Å². The highest BCUT2D eigenvalue weighted by molar-refractivity contribution is 5.88. The van der Waals surface area contributed by atoms with Crippen molar-refractivity contribution in [1.82, 2.24) is 0 Å². The number of hydrogen-bond acceptors (Lipinski definition) is 0. The molecule has 0 saturated carbocycles. The average molecular weight is 463 g/mol. The fraction of sp³-hybridized carbons (Fsp3) is 0.167. The third-order valence-corrected chi connectivity index (χ3v) is 8.27. The lowest BCUT2D eigenvalue weighted by Crippen LogP contribution is -2.34. The number of benzene rings is 5. The predicted octanol–water partition coefficient (Wildman–Crippen LogP) is 8.47. The van der Waals surface area contributed by atoms with Crippen molar-refractivity contribution in [3.63, 3.8) is 0 Å². The highest BCUT2D eigenvalue weighted by Crippen LogP contribution is 2.59. The average Bonchev–Trinajstić information content (AvgIpc) is 3.13. The van der Waals surface area contributed by atoms with E-state index in [4.69, 9.17) is 0 Å². The van der Waals surface area contributed by atoms with Gasteiger partial charge >= 0.3 is 0 Å². The SMILES string of the molecule is Cc1cc(C)cc(Cc2ccc3c(c2)-c2cc(C)ccc2C32c3ccccc3Cc3ccccc32)c1. The molecule has 0 heterocycles. The first-order valence-electron chi connectivity index (χ1n) is 13.0. The molecule has 174 valence electrons. The zero-order chi connectivity index (χ0) is 24.4. The van der Waals surface area contributed by atoms with E-state index in [2.05, 4.69) is 124 Å². The summed E-state index contributed by atoms with van der Waals surface area (Å²) >= 11 is 0. The van der Waals surface area contributed by atoms with Gasteiger partial charge in [0.2, 0.25) is 0 Å². The zero-order valence-electron chi connectivity index (χ0n) is 21.2. The molecule has 0 N–H and O–H groups in total. The van der Waals surface area contributed by atoms with Crippen molar-refractivity contribution in [1.29, 1.82) is 0 Å². The van der Waals surface area contributed by atoms with E-state index in [1.807, 2.05) is 0 Å². The molecule has 2 aliphatic carbocycles. The molecular weight excluding hydrogens is 432 g/mol. The molecule has 0 saturated heterocycles. The minimum atomic E-state index is -0.262. The van der Waals surface area contributed by atoms with Crippen LogP contribution in [-0.2, 0) is 18.3 Å². The summed E-state index contributed by atoms with van der Waals surface area (Å²) in [6, 6.07) is 39.5. The summed E-state index contributed by atoms with van der Waals surface area (Å²) in [5.41, 5.74) is 17.9. The molecule has 0 bridgehead atoms. The van der Waals surface area contributed by atoms with Gasteiger partial charge in [0.15, 0.2) is 0 Å². The Hall–Kier alpha value is -3.90. The Morgan fingerprint density at radius 2 is 1.08 bits per heavy atom. The minimum absolute atomic E-state index is 0.262. The van der Waals surface area contributed by atoms with Crippen molar-refractivity contribution in [3.05, 3.63) is 164 Å². The van der Waals surface area contributed by atoms with E-state index in [-0.39, 0.29) is 5.41 Å². The van der Waals surface area contributed by atoms with E-state index in [9.17, 15) is 0 Å². The summed E-state index contributed by atoms with van der Waals surface area (Å²) in [4.78, 5) is 0. The van der Waals surface area contributed by atoms with Crippen molar-refractivity contribution >= 4 is 0 Å². The molecule has 7 rings (SSSR count). The number of fused-ring (bicyclic) bond motifs is 9. The lowest BCUT2D eigenvalue weighted by molar-refractivity contribution is 0.721. The summed E-state index contributed by atoms with van der Waals surface area (Å²) in [6.45, 7) is 6.60. The maximum absolute atomic E-state index is 2.47. The fourth-order valence-corrected chi connectivity index (χ4v) is 7.02. The molecule has 0 amide bonds. The van der Waals surface area contributed by atoms with Crippen LogP contribution < -0.4 is 0 Å². The number of hydrogen-bond donors (Lipinski definition) is 0. The molecule has 0 atom stereocenters. The van der Waals surface area contributed by atoms with Gasteiger partial charge < -0.3 is 0 Å². The summed E-state index contributed by atoms with van der Waals surface area (Å²) < 4.78 is 0. The molecule has 0 radical (unpaired) electrons. The van der Waals surface area contributed by atoms with Crippen LogP contribution >= 0.6 is 0 Å². The highest BCUT2D eigenvalue weighted by Gasteiger charge is 2.49. The van der Waals surface area contributed by atoms with Gasteiger partial charge in [-0.2, -0.15) is 0 Å². The second-order valence-corrected chi connectivity index (χ2v) is 10.8. The van der Waals surface area contributed by atoms with Crippen LogP contribution in [0.25, 0.3) is 11.1 Å². The van der Waals surface area contributed by atoms with Crippen molar-refractivity contribution in [3.8, 4) is 11.1 Å². The van der Waals surface area contributed by atoms with E-state index < -0.39 is 0 Å². The molecule has 0 aliphatic heterocycles. The zero-order valence-corrected chi connectivity index (χ0v) is 21.2. The van der Waals surface area contributed by atoms with Gasteiger partial charge in [0, 0.05) is 0 Å². The van der Waals surface area contributed by atoms with Crippen LogP contribution in [0.5, 0.6) is 0 Å². The Bertz CT molecular complexity index is 1600. The summed E-state index contributed by atoms with van der Waals surface area (Å²) in [5.74, 6) is 0. The quantitative estimate of drug-likeness (QED) is 0.242. The van der Waals surface area contributed by atoms with Gasteiger partial charge in [-0.3, -0.25) is 0 Å². The molecule has 0 fully saturated rings. The smallest absolute Gasteiger partial charge is 0.0620 e. The van der Waals surface area contributed by atoms with Crippen molar-refractivity contribution < 1.29 is 0 Å². The second-order valence-electron chi connectivity index (χ2n) is 10.8. The largest absolute Gasteiger partial charge is 0.0719 e. The van der Waals surface area contributed by atoms with Crippen molar-refractivity contribution in [2.75, 3.05) is 0 Å². The molecule has 0 heteroatoms. The third-order valence-electron chi connectivity index (χ3n) is 8.27. The van der Waals surface area contributed by atoms with Crippen LogP contribution in [-0.4, -0.2) is 0 Å². The molecule has 0 unspecified atom stereocenters. The van der Waals surface area contributed by atoms with Crippen LogP contribution in [0.15, 0.2) is 103 Å². The second kappa shape index (κ2) is 7.80. The van der Waals surface area contributed by atoms with Gasteiger partial charge in [0.05, 0.1) is 5.41 Å². The Labute approximate surface area is 214 Å². The lowest BCUT2D eigenvalue weighted by atomic mass is 9.61. The Kier molecular flexibility index (Phi) is 4.63. The third kappa shape index (κ3) is 3.00. The van der Waals surface area contributed by atoms with Gasteiger partial charge in [0.25, 0.3) is 0 Å². The monoisotopic (exact) mass is 462 g/mol. The predicted molar refractivity (Wildman–Crippen MR) is 150 cm³/mol. The first-order valence-corrected chi connectivity index (χ1v) is 13.0. The molecule has 0 aromatic heterocycles. The van der Waals surface area contributed by atoms with Gasteiger partial charge in [-0.15, -0.1) is 0 Å². The van der Waals surface area contributed by atoms with Crippen LogP contribution in [0.1, 0.15) is 61.2 Å². The van der Waals surface area contributed by atoms with Gasteiger partial charge in [-0.05, 0) is 89.2 Å². The molecule has 1 spiro atoms. The first kappa shape index (κ1) is 21.4. The summed E-state index contributed by atoms with van der Waals surface area (Å²) in [5, 5.41) is 0. The van der Waals surface area contributed by atoms with Gasteiger partial charge in [-0.1, -0.05) is 120 Å². The van der Waals surface area contributed by atoms with Gasteiger partial charge in [0.1, 0.15) is 0 Å². The minimum Gasteiger partial charge on any atom is -0.0620 e. The van der Waals surface area contributed by atoms with E-state index in [1.54, 1.807) is 0 Å². The normalized spacial score (nSPS) is 14.2. The van der Waals surface area contributed by atoms with E-state index in [1.165, 1.54) is 72.3 Å². The summed E-state index contributed by atoms with van der Waals surface area (Å²) in [7, 11) is 0. The molecule has 5 aromatic carbocycles. The molecular formula is C36H30. The fourth-order valence-electron chi connectivity index (χ4n) is 7.02. The maximum atomic E-state index is 2.47. The molecule has 36 heavy (non-hydrogen) atoms.